The third kappa shape index (κ3) is 2.20. The second-order valence-corrected chi connectivity index (χ2v) is 4.83. The lowest BCUT2D eigenvalue weighted by Gasteiger charge is -2.29. The van der Waals surface area contributed by atoms with Gasteiger partial charge in [0.1, 0.15) is 6.33 Å². The van der Waals surface area contributed by atoms with Crippen molar-refractivity contribution in [2.75, 3.05) is 11.4 Å². The lowest BCUT2D eigenvalue weighted by Crippen LogP contribution is -2.33. The summed E-state index contributed by atoms with van der Waals surface area (Å²) < 4.78 is 2.00. The van der Waals surface area contributed by atoms with E-state index in [9.17, 15) is 10.1 Å². The minimum atomic E-state index is -0.408. The van der Waals surface area contributed by atoms with Gasteiger partial charge in [0, 0.05) is 30.4 Å². The summed E-state index contributed by atoms with van der Waals surface area (Å²) in [6, 6.07) is 5.03. The number of hydrogen-bond donors (Lipinski definition) is 0. The molecule has 0 saturated carbocycles. The van der Waals surface area contributed by atoms with E-state index in [2.05, 4.69) is 15.1 Å². The molecule has 0 amide bonds. The van der Waals surface area contributed by atoms with E-state index in [1.807, 2.05) is 4.57 Å². The number of nitrogens with zero attached hydrogens (tertiary/aromatic N) is 5. The number of aromatic nitrogens is 3. The Balaban J connectivity index is 1.90. The SMILES string of the molecule is O=[N+]([O-])c1ccc(N2CCn3cnnc3C2)cc1CCl. The average Bonchev–Trinajstić information content (AvgIpc) is 2.93. The molecule has 0 saturated heterocycles. The Labute approximate surface area is 119 Å². The molecule has 0 unspecified atom stereocenters. The van der Waals surface area contributed by atoms with Gasteiger partial charge in [0.25, 0.3) is 5.69 Å². The van der Waals surface area contributed by atoms with Crippen molar-refractivity contribution in [2.45, 2.75) is 19.0 Å². The molecule has 7 nitrogen and oxygen atoms in total. The fourth-order valence-corrected chi connectivity index (χ4v) is 2.55. The highest BCUT2D eigenvalue weighted by molar-refractivity contribution is 6.17. The zero-order chi connectivity index (χ0) is 14.1. The summed E-state index contributed by atoms with van der Waals surface area (Å²) in [5.74, 6) is 1.01. The number of rotatable bonds is 3. The number of anilines is 1. The van der Waals surface area contributed by atoms with Crippen molar-refractivity contribution in [2.24, 2.45) is 0 Å². The maximum atomic E-state index is 10.9. The van der Waals surface area contributed by atoms with Crippen molar-refractivity contribution in [1.82, 2.24) is 14.8 Å². The number of alkyl halides is 1. The van der Waals surface area contributed by atoms with Gasteiger partial charge >= 0.3 is 0 Å². The Morgan fingerprint density at radius 1 is 1.40 bits per heavy atom. The second-order valence-electron chi connectivity index (χ2n) is 4.57. The van der Waals surface area contributed by atoms with Crippen molar-refractivity contribution >= 4 is 23.0 Å². The van der Waals surface area contributed by atoms with E-state index < -0.39 is 4.92 Å². The van der Waals surface area contributed by atoms with Crippen LogP contribution in [0.15, 0.2) is 24.5 Å². The molecule has 1 aromatic carbocycles. The highest BCUT2D eigenvalue weighted by Crippen LogP contribution is 2.28. The Morgan fingerprint density at radius 2 is 2.25 bits per heavy atom. The van der Waals surface area contributed by atoms with Crippen molar-refractivity contribution in [3.8, 4) is 0 Å². The lowest BCUT2D eigenvalue weighted by atomic mass is 10.1. The molecule has 0 atom stereocenters. The average molecular weight is 294 g/mol. The van der Waals surface area contributed by atoms with E-state index >= 15 is 0 Å². The monoisotopic (exact) mass is 293 g/mol. The topological polar surface area (TPSA) is 77.1 Å². The molecular formula is C12H12ClN5O2. The standard InChI is InChI=1S/C12H12ClN5O2/c13-6-9-5-10(1-2-11(9)18(19)20)16-3-4-17-8-14-15-12(17)7-16/h1-2,5,8H,3-4,6-7H2. The Hall–Kier alpha value is -2.15. The van der Waals surface area contributed by atoms with Crippen molar-refractivity contribution in [3.63, 3.8) is 0 Å². The molecule has 0 radical (unpaired) electrons. The second kappa shape index (κ2) is 5.09. The number of fused-ring (bicyclic) bond motifs is 1. The minimum absolute atomic E-state index is 0.0592. The van der Waals surface area contributed by atoms with Crippen LogP contribution in [0.25, 0.3) is 0 Å². The smallest absolute Gasteiger partial charge is 0.273 e. The molecule has 1 aliphatic rings. The zero-order valence-corrected chi connectivity index (χ0v) is 11.3. The van der Waals surface area contributed by atoms with Gasteiger partial charge < -0.3 is 9.47 Å². The molecule has 0 fully saturated rings. The van der Waals surface area contributed by atoms with Crippen LogP contribution in [0.3, 0.4) is 0 Å². The lowest BCUT2D eigenvalue weighted by molar-refractivity contribution is -0.385. The molecule has 0 aliphatic carbocycles. The van der Waals surface area contributed by atoms with Gasteiger partial charge in [-0.25, -0.2) is 0 Å². The first-order chi connectivity index (χ1) is 9.69. The molecule has 104 valence electrons. The number of halogens is 1. The third-order valence-corrected chi connectivity index (χ3v) is 3.70. The summed E-state index contributed by atoms with van der Waals surface area (Å²) in [5.41, 5.74) is 1.51. The molecule has 3 rings (SSSR count). The van der Waals surface area contributed by atoms with Crippen LogP contribution in [-0.2, 0) is 19.0 Å². The minimum Gasteiger partial charge on any atom is -0.362 e. The van der Waals surface area contributed by atoms with Gasteiger partial charge in [0.05, 0.1) is 17.3 Å². The number of nitro benzene ring substituents is 1. The molecule has 8 heteroatoms. The van der Waals surface area contributed by atoms with Crippen molar-refractivity contribution in [3.05, 3.63) is 46.0 Å². The van der Waals surface area contributed by atoms with Gasteiger partial charge in [-0.15, -0.1) is 21.8 Å². The summed E-state index contributed by atoms with van der Waals surface area (Å²) in [7, 11) is 0. The van der Waals surface area contributed by atoms with Crippen LogP contribution in [0, 0.1) is 10.1 Å². The summed E-state index contributed by atoms with van der Waals surface area (Å²) in [6.45, 7) is 2.25. The maximum absolute atomic E-state index is 10.9. The van der Waals surface area contributed by atoms with E-state index in [1.165, 1.54) is 6.07 Å². The molecular weight excluding hydrogens is 282 g/mol. The fourth-order valence-electron chi connectivity index (χ4n) is 2.34. The molecule has 0 bridgehead atoms. The largest absolute Gasteiger partial charge is 0.362 e. The molecule has 2 heterocycles. The summed E-state index contributed by atoms with van der Waals surface area (Å²) in [6.07, 6.45) is 1.71. The first-order valence-electron chi connectivity index (χ1n) is 6.14. The van der Waals surface area contributed by atoms with Crippen LogP contribution in [0.1, 0.15) is 11.4 Å². The Kier molecular flexibility index (Phi) is 3.27. The highest BCUT2D eigenvalue weighted by Gasteiger charge is 2.20. The van der Waals surface area contributed by atoms with Crippen LogP contribution in [0.5, 0.6) is 0 Å². The van der Waals surface area contributed by atoms with E-state index in [0.717, 1.165) is 24.6 Å². The van der Waals surface area contributed by atoms with Crippen molar-refractivity contribution < 1.29 is 4.92 Å². The van der Waals surface area contributed by atoms with Crippen LogP contribution in [0.4, 0.5) is 11.4 Å². The number of nitro groups is 1. The highest BCUT2D eigenvalue weighted by atomic mass is 35.5. The predicted molar refractivity (Wildman–Crippen MR) is 73.7 cm³/mol. The number of hydrogen-bond acceptors (Lipinski definition) is 5. The maximum Gasteiger partial charge on any atom is 0.273 e. The quantitative estimate of drug-likeness (QED) is 0.491. The van der Waals surface area contributed by atoms with Gasteiger partial charge in [0.2, 0.25) is 0 Å². The van der Waals surface area contributed by atoms with Crippen LogP contribution in [-0.4, -0.2) is 26.2 Å². The predicted octanol–water partition coefficient (Wildman–Crippen LogP) is 1.95. The molecule has 0 N–H and O–H groups in total. The molecule has 20 heavy (non-hydrogen) atoms. The van der Waals surface area contributed by atoms with E-state index in [4.69, 9.17) is 11.6 Å². The Bertz CT molecular complexity index is 657. The van der Waals surface area contributed by atoms with Gasteiger partial charge in [-0.2, -0.15) is 0 Å². The summed E-state index contributed by atoms with van der Waals surface area (Å²) >= 11 is 5.80. The fraction of sp³-hybridized carbons (Fsp3) is 0.333. The van der Waals surface area contributed by atoms with Crippen molar-refractivity contribution in [1.29, 1.82) is 0 Å². The van der Waals surface area contributed by atoms with Gasteiger partial charge in [0.15, 0.2) is 5.82 Å². The van der Waals surface area contributed by atoms with Gasteiger partial charge in [-0.3, -0.25) is 10.1 Å². The summed E-state index contributed by atoms with van der Waals surface area (Å²) in [4.78, 5) is 12.6. The van der Waals surface area contributed by atoms with Crippen LogP contribution >= 0.6 is 11.6 Å². The number of benzene rings is 1. The molecule has 2 aromatic rings. The van der Waals surface area contributed by atoms with E-state index in [-0.39, 0.29) is 11.6 Å². The van der Waals surface area contributed by atoms with E-state index in [0.29, 0.717) is 12.1 Å². The molecule has 1 aliphatic heterocycles. The van der Waals surface area contributed by atoms with E-state index in [1.54, 1.807) is 18.5 Å². The first kappa shape index (κ1) is 12.9. The summed E-state index contributed by atoms with van der Waals surface area (Å²) in [5, 5.41) is 18.8. The normalized spacial score (nSPS) is 14.2. The van der Waals surface area contributed by atoms with Crippen LogP contribution in [0.2, 0.25) is 0 Å². The molecule has 0 spiro atoms. The zero-order valence-electron chi connectivity index (χ0n) is 10.6. The molecule has 1 aromatic heterocycles. The first-order valence-corrected chi connectivity index (χ1v) is 6.67. The van der Waals surface area contributed by atoms with Gasteiger partial charge in [-0.05, 0) is 12.1 Å². The Morgan fingerprint density at radius 3 is 3.00 bits per heavy atom. The third-order valence-electron chi connectivity index (χ3n) is 3.41. The van der Waals surface area contributed by atoms with Gasteiger partial charge in [-0.1, -0.05) is 0 Å². The van der Waals surface area contributed by atoms with Crippen LogP contribution < -0.4 is 4.90 Å².